The summed E-state index contributed by atoms with van der Waals surface area (Å²) in [7, 11) is 0. The molecule has 0 aromatic heterocycles. The summed E-state index contributed by atoms with van der Waals surface area (Å²) < 4.78 is 12.8. The van der Waals surface area contributed by atoms with Gasteiger partial charge in [0.05, 0.1) is 6.54 Å². The van der Waals surface area contributed by atoms with Crippen molar-refractivity contribution < 1.29 is 14.0 Å². The second-order valence-electron chi connectivity index (χ2n) is 5.25. The van der Waals surface area contributed by atoms with E-state index in [4.69, 9.17) is 0 Å². The normalized spacial score (nSPS) is 10.0. The summed E-state index contributed by atoms with van der Waals surface area (Å²) in [4.78, 5) is 23.3. The van der Waals surface area contributed by atoms with E-state index in [0.717, 1.165) is 17.5 Å². The van der Waals surface area contributed by atoms with Crippen molar-refractivity contribution in [3.8, 4) is 0 Å². The number of hydrogen-bond donors (Lipinski definition) is 3. The maximum Gasteiger partial charge on any atom is 0.315 e. The van der Waals surface area contributed by atoms with E-state index in [1.807, 2.05) is 30.3 Å². The average Bonchev–Trinajstić information content (AvgIpc) is 2.60. The zero-order valence-electron chi connectivity index (χ0n) is 13.2. The number of urea groups is 1. The smallest absolute Gasteiger partial charge is 0.315 e. The van der Waals surface area contributed by atoms with E-state index in [2.05, 4.69) is 16.0 Å². The predicted molar refractivity (Wildman–Crippen MR) is 89.8 cm³/mol. The average molecular weight is 329 g/mol. The largest absolute Gasteiger partial charge is 0.354 e. The van der Waals surface area contributed by atoms with Gasteiger partial charge in [-0.1, -0.05) is 42.5 Å². The van der Waals surface area contributed by atoms with E-state index >= 15 is 0 Å². The SMILES string of the molecule is O=C(CNC(=O)NCc1ccc(F)cc1)NCCc1ccccc1. The summed E-state index contributed by atoms with van der Waals surface area (Å²) >= 11 is 0. The molecule has 126 valence electrons. The quantitative estimate of drug-likeness (QED) is 0.727. The first kappa shape index (κ1) is 17.5. The summed E-state index contributed by atoms with van der Waals surface area (Å²) in [6, 6.07) is 15.2. The fourth-order valence-corrected chi connectivity index (χ4v) is 2.06. The Kier molecular flexibility index (Phi) is 6.76. The fourth-order valence-electron chi connectivity index (χ4n) is 2.06. The van der Waals surface area contributed by atoms with Gasteiger partial charge >= 0.3 is 6.03 Å². The van der Waals surface area contributed by atoms with Crippen molar-refractivity contribution in [2.45, 2.75) is 13.0 Å². The highest BCUT2D eigenvalue weighted by Crippen LogP contribution is 2.01. The van der Waals surface area contributed by atoms with Crippen LogP contribution in [0, 0.1) is 5.82 Å². The summed E-state index contributed by atoms with van der Waals surface area (Å²) in [6.07, 6.45) is 0.739. The van der Waals surface area contributed by atoms with Crippen LogP contribution in [0.15, 0.2) is 54.6 Å². The minimum absolute atomic E-state index is 0.0932. The van der Waals surface area contributed by atoms with Gasteiger partial charge in [0.15, 0.2) is 0 Å². The third kappa shape index (κ3) is 6.48. The molecule has 0 radical (unpaired) electrons. The topological polar surface area (TPSA) is 70.2 Å². The van der Waals surface area contributed by atoms with Crippen molar-refractivity contribution in [1.29, 1.82) is 0 Å². The minimum Gasteiger partial charge on any atom is -0.354 e. The number of nitrogens with one attached hydrogen (secondary N) is 3. The number of benzene rings is 2. The molecule has 24 heavy (non-hydrogen) atoms. The highest BCUT2D eigenvalue weighted by Gasteiger charge is 2.05. The molecule has 0 spiro atoms. The lowest BCUT2D eigenvalue weighted by Gasteiger charge is -2.08. The lowest BCUT2D eigenvalue weighted by Crippen LogP contribution is -2.42. The van der Waals surface area contributed by atoms with Crippen LogP contribution in [0.1, 0.15) is 11.1 Å². The Hall–Kier alpha value is -2.89. The number of carbonyl (C=O) groups is 2. The third-order valence-electron chi connectivity index (χ3n) is 3.35. The van der Waals surface area contributed by atoms with Crippen LogP contribution in [0.25, 0.3) is 0 Å². The van der Waals surface area contributed by atoms with Gasteiger partial charge in [-0.15, -0.1) is 0 Å². The monoisotopic (exact) mass is 329 g/mol. The molecule has 2 rings (SSSR count). The molecule has 5 nitrogen and oxygen atoms in total. The second kappa shape index (κ2) is 9.29. The third-order valence-corrected chi connectivity index (χ3v) is 3.35. The van der Waals surface area contributed by atoms with Gasteiger partial charge in [0.25, 0.3) is 0 Å². The minimum atomic E-state index is -0.447. The molecule has 3 N–H and O–H groups in total. The first-order chi connectivity index (χ1) is 11.6. The van der Waals surface area contributed by atoms with Crippen molar-refractivity contribution in [3.63, 3.8) is 0 Å². The maximum atomic E-state index is 12.8. The Labute approximate surface area is 140 Å². The van der Waals surface area contributed by atoms with Gasteiger partial charge in [-0.25, -0.2) is 9.18 Å². The summed E-state index contributed by atoms with van der Waals surface area (Å²) in [5, 5.41) is 7.82. The molecule has 2 aromatic rings. The van der Waals surface area contributed by atoms with Gasteiger partial charge in [-0.2, -0.15) is 0 Å². The zero-order valence-corrected chi connectivity index (χ0v) is 13.2. The van der Waals surface area contributed by atoms with E-state index in [0.29, 0.717) is 6.54 Å². The Balaban J connectivity index is 1.59. The van der Waals surface area contributed by atoms with Crippen LogP contribution in [0.3, 0.4) is 0 Å². The highest BCUT2D eigenvalue weighted by molar-refractivity contribution is 5.83. The van der Waals surface area contributed by atoms with E-state index in [1.54, 1.807) is 12.1 Å². The Morgan fingerprint density at radius 3 is 2.25 bits per heavy atom. The molecule has 0 bridgehead atoms. The zero-order chi connectivity index (χ0) is 17.2. The van der Waals surface area contributed by atoms with Crippen LogP contribution in [0.2, 0.25) is 0 Å². The van der Waals surface area contributed by atoms with Crippen molar-refractivity contribution in [1.82, 2.24) is 16.0 Å². The number of amides is 3. The molecule has 0 saturated heterocycles. The molecule has 0 aliphatic carbocycles. The fraction of sp³-hybridized carbons (Fsp3) is 0.222. The van der Waals surface area contributed by atoms with Crippen LogP contribution in [0.4, 0.5) is 9.18 Å². The molecular formula is C18H20FN3O2. The van der Waals surface area contributed by atoms with Crippen LogP contribution < -0.4 is 16.0 Å². The van der Waals surface area contributed by atoms with E-state index in [9.17, 15) is 14.0 Å². The van der Waals surface area contributed by atoms with Crippen LogP contribution in [-0.2, 0) is 17.8 Å². The van der Waals surface area contributed by atoms with Crippen molar-refractivity contribution in [2.24, 2.45) is 0 Å². The molecule has 0 fully saturated rings. The lowest BCUT2D eigenvalue weighted by atomic mass is 10.1. The first-order valence-electron chi connectivity index (χ1n) is 7.70. The Bertz CT molecular complexity index is 660. The molecule has 0 atom stereocenters. The van der Waals surface area contributed by atoms with Gasteiger partial charge in [-0.3, -0.25) is 4.79 Å². The van der Waals surface area contributed by atoms with Crippen molar-refractivity contribution in [2.75, 3.05) is 13.1 Å². The molecular weight excluding hydrogens is 309 g/mol. The van der Waals surface area contributed by atoms with Gasteiger partial charge < -0.3 is 16.0 Å². The molecule has 6 heteroatoms. The predicted octanol–water partition coefficient (Wildman–Crippen LogP) is 1.98. The molecule has 0 unspecified atom stereocenters. The Morgan fingerprint density at radius 1 is 0.833 bits per heavy atom. The Morgan fingerprint density at radius 2 is 1.54 bits per heavy atom. The standard InChI is InChI=1S/C18H20FN3O2/c19-16-8-6-15(7-9-16)12-21-18(24)22-13-17(23)20-11-10-14-4-2-1-3-5-14/h1-9H,10-13H2,(H,20,23)(H2,21,22,24). The number of rotatable bonds is 7. The lowest BCUT2D eigenvalue weighted by molar-refractivity contribution is -0.120. The highest BCUT2D eigenvalue weighted by atomic mass is 19.1. The molecule has 3 amide bonds. The van der Waals surface area contributed by atoms with Gasteiger partial charge in [0.2, 0.25) is 5.91 Å². The molecule has 2 aromatic carbocycles. The maximum absolute atomic E-state index is 12.8. The van der Waals surface area contributed by atoms with Gasteiger partial charge in [0, 0.05) is 13.1 Å². The molecule has 0 saturated carbocycles. The summed E-state index contributed by atoms with van der Waals surface area (Å²) in [5.74, 6) is -0.571. The second-order valence-corrected chi connectivity index (χ2v) is 5.25. The molecule has 0 heterocycles. The van der Waals surface area contributed by atoms with Crippen LogP contribution >= 0.6 is 0 Å². The summed E-state index contributed by atoms with van der Waals surface area (Å²) in [6.45, 7) is 0.688. The van der Waals surface area contributed by atoms with E-state index in [-0.39, 0.29) is 24.8 Å². The van der Waals surface area contributed by atoms with Crippen LogP contribution in [0.5, 0.6) is 0 Å². The summed E-state index contributed by atoms with van der Waals surface area (Å²) in [5.41, 5.74) is 1.92. The number of halogens is 1. The van der Waals surface area contributed by atoms with Crippen molar-refractivity contribution >= 4 is 11.9 Å². The van der Waals surface area contributed by atoms with Gasteiger partial charge in [-0.05, 0) is 29.7 Å². The number of carbonyl (C=O) groups excluding carboxylic acids is 2. The van der Waals surface area contributed by atoms with Crippen LogP contribution in [-0.4, -0.2) is 25.0 Å². The first-order valence-corrected chi connectivity index (χ1v) is 7.70. The number of hydrogen-bond acceptors (Lipinski definition) is 2. The molecule has 0 aliphatic rings. The van der Waals surface area contributed by atoms with Crippen molar-refractivity contribution in [3.05, 3.63) is 71.5 Å². The van der Waals surface area contributed by atoms with E-state index < -0.39 is 6.03 Å². The van der Waals surface area contributed by atoms with Gasteiger partial charge in [0.1, 0.15) is 5.82 Å². The molecule has 0 aliphatic heterocycles. The van der Waals surface area contributed by atoms with E-state index in [1.165, 1.54) is 12.1 Å².